The van der Waals surface area contributed by atoms with Gasteiger partial charge >= 0.3 is 0 Å². The predicted octanol–water partition coefficient (Wildman–Crippen LogP) is 3.41. The number of methoxy groups -OCH3 is 1. The molecule has 29 heavy (non-hydrogen) atoms. The van der Waals surface area contributed by atoms with Crippen LogP contribution < -0.4 is 15.4 Å². The van der Waals surface area contributed by atoms with Gasteiger partial charge < -0.3 is 19.9 Å². The Kier molecular flexibility index (Phi) is 7.63. The van der Waals surface area contributed by atoms with Crippen LogP contribution >= 0.6 is 11.3 Å². The van der Waals surface area contributed by atoms with Crippen molar-refractivity contribution in [3.05, 3.63) is 64.4 Å². The fraction of sp³-hybridized carbons (Fsp3) is 0.381. The van der Waals surface area contributed by atoms with Crippen molar-refractivity contribution in [1.29, 1.82) is 0 Å². The van der Waals surface area contributed by atoms with Crippen LogP contribution in [0.1, 0.15) is 36.2 Å². The molecule has 7 nitrogen and oxygen atoms in total. The van der Waals surface area contributed by atoms with Crippen molar-refractivity contribution in [3.8, 4) is 5.75 Å². The number of aryl methyl sites for hydroxylation is 1. The summed E-state index contributed by atoms with van der Waals surface area (Å²) in [6.07, 6.45) is 2.64. The number of benzene rings is 1. The number of thiophene rings is 1. The molecule has 1 unspecified atom stereocenters. The second-order valence-electron chi connectivity index (χ2n) is 6.62. The Morgan fingerprint density at radius 2 is 2.21 bits per heavy atom. The van der Waals surface area contributed by atoms with Gasteiger partial charge in [-0.15, -0.1) is 21.5 Å². The zero-order valence-electron chi connectivity index (χ0n) is 17.1. The molecule has 0 aliphatic rings. The molecule has 1 aromatic carbocycles. The third-order valence-electron chi connectivity index (χ3n) is 4.53. The Morgan fingerprint density at radius 3 is 2.97 bits per heavy atom. The minimum absolute atomic E-state index is 0.174. The van der Waals surface area contributed by atoms with Crippen LogP contribution in [-0.2, 0) is 19.5 Å². The first-order valence-electron chi connectivity index (χ1n) is 9.77. The number of nitrogens with zero attached hydrogens (tertiary/aromatic N) is 4. The molecule has 0 amide bonds. The van der Waals surface area contributed by atoms with Gasteiger partial charge in [-0.1, -0.05) is 25.1 Å². The average molecular weight is 413 g/mol. The number of nitrogens with one attached hydrogen (secondary N) is 2. The van der Waals surface area contributed by atoms with Crippen LogP contribution in [0.3, 0.4) is 0 Å². The van der Waals surface area contributed by atoms with E-state index in [0.29, 0.717) is 6.54 Å². The third-order valence-corrected chi connectivity index (χ3v) is 5.59. The van der Waals surface area contributed by atoms with E-state index in [1.165, 1.54) is 4.88 Å². The van der Waals surface area contributed by atoms with E-state index in [4.69, 9.17) is 9.73 Å². The largest absolute Gasteiger partial charge is 0.497 e. The van der Waals surface area contributed by atoms with Gasteiger partial charge in [-0.25, -0.2) is 4.99 Å². The van der Waals surface area contributed by atoms with Gasteiger partial charge in [0.2, 0.25) is 0 Å². The van der Waals surface area contributed by atoms with Gasteiger partial charge in [0.15, 0.2) is 5.96 Å². The molecular formula is C21H28N6OS. The topological polar surface area (TPSA) is 76.4 Å². The predicted molar refractivity (Wildman–Crippen MR) is 117 cm³/mol. The molecular weight excluding hydrogens is 384 g/mol. The highest BCUT2D eigenvalue weighted by Gasteiger charge is 2.09. The van der Waals surface area contributed by atoms with E-state index in [1.54, 1.807) is 24.8 Å². The summed E-state index contributed by atoms with van der Waals surface area (Å²) in [6, 6.07) is 12.4. The van der Waals surface area contributed by atoms with E-state index in [-0.39, 0.29) is 6.04 Å². The van der Waals surface area contributed by atoms with E-state index in [1.807, 2.05) is 18.2 Å². The van der Waals surface area contributed by atoms with Gasteiger partial charge in [-0.05, 0) is 36.1 Å². The molecule has 0 spiro atoms. The molecule has 0 bridgehead atoms. The molecule has 0 aliphatic carbocycles. The van der Waals surface area contributed by atoms with Crippen LogP contribution in [0, 0.1) is 0 Å². The molecule has 0 saturated heterocycles. The number of aromatic nitrogens is 3. The van der Waals surface area contributed by atoms with Crippen molar-refractivity contribution in [2.45, 2.75) is 39.4 Å². The molecule has 3 aromatic rings. The number of aliphatic imine (C=N–C) groups is 1. The van der Waals surface area contributed by atoms with Crippen LogP contribution in [0.15, 0.2) is 53.1 Å². The monoisotopic (exact) mass is 412 g/mol. The number of ether oxygens (including phenoxy) is 1. The molecule has 0 radical (unpaired) electrons. The summed E-state index contributed by atoms with van der Waals surface area (Å²) in [6.45, 7) is 6.30. The van der Waals surface area contributed by atoms with Crippen LogP contribution in [-0.4, -0.2) is 34.4 Å². The normalized spacial score (nSPS) is 12.6. The minimum atomic E-state index is 0.174. The Labute approximate surface area is 175 Å². The lowest BCUT2D eigenvalue weighted by Gasteiger charge is -2.18. The standard InChI is InChI=1S/C21H28N6OS/c1-4-20-26-24-15-27(20)11-10-22-21(25-16(2)19-9-6-12-29-19)23-14-17-7-5-8-18(13-17)28-3/h5-9,12-13,15-16H,4,10-11,14H2,1-3H3,(H2,22,23,25). The quantitative estimate of drug-likeness (QED) is 0.416. The second kappa shape index (κ2) is 10.6. The van der Waals surface area contributed by atoms with Crippen molar-refractivity contribution in [2.24, 2.45) is 4.99 Å². The molecule has 8 heteroatoms. The fourth-order valence-corrected chi connectivity index (χ4v) is 3.68. The summed E-state index contributed by atoms with van der Waals surface area (Å²) in [5.74, 6) is 2.60. The van der Waals surface area contributed by atoms with Crippen molar-refractivity contribution in [2.75, 3.05) is 13.7 Å². The van der Waals surface area contributed by atoms with Crippen LogP contribution in [0.25, 0.3) is 0 Å². The van der Waals surface area contributed by atoms with Crippen molar-refractivity contribution in [3.63, 3.8) is 0 Å². The van der Waals surface area contributed by atoms with Crippen molar-refractivity contribution >= 4 is 17.3 Å². The van der Waals surface area contributed by atoms with E-state index in [2.05, 4.69) is 62.8 Å². The van der Waals surface area contributed by atoms with E-state index in [9.17, 15) is 0 Å². The number of rotatable bonds is 9. The first-order valence-corrected chi connectivity index (χ1v) is 10.7. The maximum atomic E-state index is 5.31. The SMILES string of the molecule is CCc1nncn1CCNC(=NCc1cccc(OC)c1)NC(C)c1cccs1. The minimum Gasteiger partial charge on any atom is -0.497 e. The van der Waals surface area contributed by atoms with E-state index < -0.39 is 0 Å². The van der Waals surface area contributed by atoms with Gasteiger partial charge in [0, 0.05) is 24.4 Å². The maximum absolute atomic E-state index is 5.31. The van der Waals surface area contributed by atoms with E-state index >= 15 is 0 Å². The number of hydrogen-bond acceptors (Lipinski definition) is 5. The molecule has 0 fully saturated rings. The van der Waals surface area contributed by atoms with Gasteiger partial charge in [-0.3, -0.25) is 0 Å². The lowest BCUT2D eigenvalue weighted by Crippen LogP contribution is -2.40. The van der Waals surface area contributed by atoms with E-state index in [0.717, 1.165) is 42.6 Å². The second-order valence-corrected chi connectivity index (χ2v) is 7.60. The average Bonchev–Trinajstić information content (AvgIpc) is 3.44. The summed E-state index contributed by atoms with van der Waals surface area (Å²) in [5.41, 5.74) is 1.10. The summed E-state index contributed by atoms with van der Waals surface area (Å²) in [5, 5.41) is 17.2. The Morgan fingerprint density at radius 1 is 1.31 bits per heavy atom. The molecule has 2 aromatic heterocycles. The first kappa shape index (κ1) is 20.9. The number of guanidine groups is 1. The first-order chi connectivity index (χ1) is 14.2. The maximum Gasteiger partial charge on any atom is 0.192 e. The Balaban J connectivity index is 1.66. The van der Waals surface area contributed by atoms with Gasteiger partial charge in [0.1, 0.15) is 17.9 Å². The molecule has 2 N–H and O–H groups in total. The summed E-state index contributed by atoms with van der Waals surface area (Å²) < 4.78 is 7.38. The van der Waals surface area contributed by atoms with Gasteiger partial charge in [0.25, 0.3) is 0 Å². The fourth-order valence-electron chi connectivity index (χ4n) is 2.94. The van der Waals surface area contributed by atoms with Crippen molar-refractivity contribution < 1.29 is 4.74 Å². The van der Waals surface area contributed by atoms with Crippen LogP contribution in [0.5, 0.6) is 5.75 Å². The highest BCUT2D eigenvalue weighted by Crippen LogP contribution is 2.18. The van der Waals surface area contributed by atoms with Crippen LogP contribution in [0.4, 0.5) is 0 Å². The Bertz CT molecular complexity index is 906. The smallest absolute Gasteiger partial charge is 0.192 e. The molecule has 0 aliphatic heterocycles. The van der Waals surface area contributed by atoms with Crippen molar-refractivity contribution in [1.82, 2.24) is 25.4 Å². The van der Waals surface area contributed by atoms with Gasteiger partial charge in [0.05, 0.1) is 19.7 Å². The summed E-state index contributed by atoms with van der Waals surface area (Å²) in [4.78, 5) is 6.05. The summed E-state index contributed by atoms with van der Waals surface area (Å²) in [7, 11) is 1.68. The Hall–Kier alpha value is -2.87. The molecule has 3 rings (SSSR count). The molecule has 2 heterocycles. The number of hydrogen-bond donors (Lipinski definition) is 2. The third kappa shape index (κ3) is 6.05. The molecule has 1 atom stereocenters. The van der Waals surface area contributed by atoms with Crippen LogP contribution in [0.2, 0.25) is 0 Å². The molecule has 154 valence electrons. The highest BCUT2D eigenvalue weighted by molar-refractivity contribution is 7.10. The zero-order valence-corrected chi connectivity index (χ0v) is 17.9. The van der Waals surface area contributed by atoms with Gasteiger partial charge in [-0.2, -0.15) is 0 Å². The molecule has 0 saturated carbocycles. The summed E-state index contributed by atoms with van der Waals surface area (Å²) >= 11 is 1.74. The highest BCUT2D eigenvalue weighted by atomic mass is 32.1. The lowest BCUT2D eigenvalue weighted by molar-refractivity contribution is 0.414. The lowest BCUT2D eigenvalue weighted by atomic mass is 10.2. The zero-order chi connectivity index (χ0) is 20.5.